The quantitative estimate of drug-likeness (QED) is 0.683. The Hall–Kier alpha value is -1.95. The Bertz CT molecular complexity index is 417. The lowest BCUT2D eigenvalue weighted by Crippen LogP contribution is -2.45. The first-order valence-electron chi connectivity index (χ1n) is 4.79. The van der Waals surface area contributed by atoms with Gasteiger partial charge in [0.15, 0.2) is 0 Å². The van der Waals surface area contributed by atoms with Crippen LogP contribution in [0, 0.1) is 0 Å². The fourth-order valence-electron chi connectivity index (χ4n) is 1.45. The lowest BCUT2D eigenvalue weighted by atomic mass is 10.2. The van der Waals surface area contributed by atoms with Crippen LogP contribution >= 0.6 is 0 Å². The van der Waals surface area contributed by atoms with E-state index in [0.29, 0.717) is 11.4 Å². The summed E-state index contributed by atoms with van der Waals surface area (Å²) >= 11 is 0. The number of hydrogen-bond donors (Lipinski definition) is 1. The minimum Gasteiger partial charge on any atom is -0.383 e. The van der Waals surface area contributed by atoms with Crippen LogP contribution < -0.4 is 5.73 Å². The average molecular weight is 221 g/mol. The number of aromatic nitrogens is 1. The van der Waals surface area contributed by atoms with Crippen LogP contribution in [0.4, 0.5) is 5.82 Å². The maximum atomic E-state index is 11.4. The fraction of sp³-hybridized carbons (Fsp3) is 0.300. The van der Waals surface area contributed by atoms with Gasteiger partial charge < -0.3 is 10.5 Å². The van der Waals surface area contributed by atoms with Gasteiger partial charge in [-0.2, -0.15) is 0 Å². The molecule has 2 heterocycles. The molecule has 0 radical (unpaired) electrons. The zero-order valence-electron chi connectivity index (χ0n) is 8.55. The van der Waals surface area contributed by atoms with Crippen molar-refractivity contribution in [2.45, 2.75) is 6.54 Å². The van der Waals surface area contributed by atoms with Crippen LogP contribution in [0.5, 0.6) is 0 Å². The molecular formula is C10H11N3O3. The number of anilines is 1. The summed E-state index contributed by atoms with van der Waals surface area (Å²) in [6, 6.07) is 3.44. The van der Waals surface area contributed by atoms with Crippen LogP contribution in [0.25, 0.3) is 0 Å². The van der Waals surface area contributed by atoms with Crippen molar-refractivity contribution >= 4 is 17.6 Å². The summed E-state index contributed by atoms with van der Waals surface area (Å²) in [5, 5.41) is 0. The molecule has 1 aliphatic heterocycles. The van der Waals surface area contributed by atoms with Gasteiger partial charge in [-0.1, -0.05) is 6.07 Å². The second-order valence-electron chi connectivity index (χ2n) is 3.41. The molecule has 0 aromatic carbocycles. The third-order valence-corrected chi connectivity index (χ3v) is 2.31. The highest BCUT2D eigenvalue weighted by Crippen LogP contribution is 2.12. The highest BCUT2D eigenvalue weighted by atomic mass is 16.5. The van der Waals surface area contributed by atoms with Crippen LogP contribution in [0.2, 0.25) is 0 Å². The first-order valence-corrected chi connectivity index (χ1v) is 4.79. The minimum atomic E-state index is -0.348. The van der Waals surface area contributed by atoms with Crippen molar-refractivity contribution in [3.63, 3.8) is 0 Å². The molecule has 1 fully saturated rings. The van der Waals surface area contributed by atoms with E-state index in [-0.39, 0.29) is 31.6 Å². The number of ether oxygens (including phenoxy) is 1. The SMILES string of the molecule is Nc1ncccc1CN1C(=O)COCC1=O. The monoisotopic (exact) mass is 221 g/mol. The summed E-state index contributed by atoms with van der Waals surface area (Å²) in [7, 11) is 0. The Morgan fingerprint density at radius 2 is 2.06 bits per heavy atom. The Labute approximate surface area is 92.0 Å². The lowest BCUT2D eigenvalue weighted by molar-refractivity contribution is -0.159. The number of nitrogens with two attached hydrogens (primary N) is 1. The molecule has 0 aliphatic carbocycles. The summed E-state index contributed by atoms with van der Waals surface area (Å²) in [5.74, 6) is -0.367. The van der Waals surface area contributed by atoms with Gasteiger partial charge in [-0.15, -0.1) is 0 Å². The van der Waals surface area contributed by atoms with Crippen LogP contribution in [-0.2, 0) is 20.9 Å². The van der Waals surface area contributed by atoms with Crippen molar-refractivity contribution in [3.05, 3.63) is 23.9 Å². The molecule has 0 bridgehead atoms. The number of pyridine rings is 1. The second kappa shape index (κ2) is 4.28. The van der Waals surface area contributed by atoms with Gasteiger partial charge >= 0.3 is 0 Å². The molecule has 1 saturated heterocycles. The fourth-order valence-corrected chi connectivity index (χ4v) is 1.45. The van der Waals surface area contributed by atoms with Gasteiger partial charge in [0.05, 0.1) is 6.54 Å². The molecule has 6 heteroatoms. The largest absolute Gasteiger partial charge is 0.383 e. The molecule has 0 saturated carbocycles. The van der Waals surface area contributed by atoms with Gasteiger partial charge in [-0.05, 0) is 6.07 Å². The van der Waals surface area contributed by atoms with E-state index in [9.17, 15) is 9.59 Å². The number of morpholine rings is 1. The van der Waals surface area contributed by atoms with Crippen molar-refractivity contribution in [3.8, 4) is 0 Å². The summed E-state index contributed by atoms with van der Waals surface area (Å²) in [6.45, 7) is 0.0263. The Morgan fingerprint density at radius 3 is 2.69 bits per heavy atom. The molecule has 2 rings (SSSR count). The molecule has 1 aromatic rings. The minimum absolute atomic E-state index is 0.0636. The third kappa shape index (κ3) is 2.01. The zero-order chi connectivity index (χ0) is 11.5. The number of hydrogen-bond acceptors (Lipinski definition) is 5. The van der Waals surface area contributed by atoms with Crippen molar-refractivity contribution in [2.75, 3.05) is 18.9 Å². The van der Waals surface area contributed by atoms with Crippen LogP contribution in [0.15, 0.2) is 18.3 Å². The molecule has 1 aromatic heterocycles. The lowest BCUT2D eigenvalue weighted by Gasteiger charge is -2.25. The summed E-state index contributed by atoms with van der Waals surface area (Å²) in [5.41, 5.74) is 6.30. The number of imide groups is 1. The van der Waals surface area contributed by atoms with Crippen LogP contribution in [0.3, 0.4) is 0 Å². The van der Waals surface area contributed by atoms with E-state index in [0.717, 1.165) is 4.90 Å². The smallest absolute Gasteiger partial charge is 0.255 e. The summed E-state index contributed by atoms with van der Waals surface area (Å²) < 4.78 is 4.80. The summed E-state index contributed by atoms with van der Waals surface area (Å²) in [6.07, 6.45) is 1.56. The molecular weight excluding hydrogens is 210 g/mol. The van der Waals surface area contributed by atoms with Gasteiger partial charge in [-0.3, -0.25) is 14.5 Å². The molecule has 1 aliphatic rings. The van der Waals surface area contributed by atoms with E-state index < -0.39 is 0 Å². The predicted octanol–water partition coefficient (Wildman–Crippen LogP) is -0.451. The van der Waals surface area contributed by atoms with Gasteiger partial charge in [0, 0.05) is 11.8 Å². The zero-order valence-corrected chi connectivity index (χ0v) is 8.55. The van der Waals surface area contributed by atoms with E-state index in [1.165, 1.54) is 0 Å². The number of carbonyl (C=O) groups excluding carboxylic acids is 2. The highest BCUT2D eigenvalue weighted by Gasteiger charge is 2.27. The van der Waals surface area contributed by atoms with E-state index in [1.54, 1.807) is 18.3 Å². The van der Waals surface area contributed by atoms with E-state index >= 15 is 0 Å². The molecule has 84 valence electrons. The topological polar surface area (TPSA) is 85.5 Å². The molecule has 6 nitrogen and oxygen atoms in total. The van der Waals surface area contributed by atoms with E-state index in [4.69, 9.17) is 10.5 Å². The molecule has 0 unspecified atom stereocenters. The van der Waals surface area contributed by atoms with E-state index in [1.807, 2.05) is 0 Å². The third-order valence-electron chi connectivity index (χ3n) is 2.31. The van der Waals surface area contributed by atoms with Crippen molar-refractivity contribution in [1.82, 2.24) is 9.88 Å². The first kappa shape index (κ1) is 10.6. The number of nitrogens with zero attached hydrogens (tertiary/aromatic N) is 2. The Balaban J connectivity index is 2.17. The number of nitrogen functional groups attached to an aromatic ring is 1. The predicted molar refractivity (Wildman–Crippen MR) is 55.0 cm³/mol. The van der Waals surface area contributed by atoms with Gasteiger partial charge in [-0.25, -0.2) is 4.98 Å². The molecule has 2 N–H and O–H groups in total. The number of rotatable bonds is 2. The first-order chi connectivity index (χ1) is 7.68. The van der Waals surface area contributed by atoms with E-state index in [2.05, 4.69) is 4.98 Å². The average Bonchev–Trinajstić information content (AvgIpc) is 2.26. The highest BCUT2D eigenvalue weighted by molar-refractivity contribution is 5.98. The molecule has 2 amide bonds. The van der Waals surface area contributed by atoms with Gasteiger partial charge in [0.1, 0.15) is 19.0 Å². The maximum absolute atomic E-state index is 11.4. The summed E-state index contributed by atoms with van der Waals surface area (Å²) in [4.78, 5) is 27.9. The number of carbonyl (C=O) groups is 2. The van der Waals surface area contributed by atoms with Gasteiger partial charge in [0.2, 0.25) is 0 Å². The molecule has 0 spiro atoms. The maximum Gasteiger partial charge on any atom is 0.255 e. The van der Waals surface area contributed by atoms with Gasteiger partial charge in [0.25, 0.3) is 11.8 Å². The molecule has 16 heavy (non-hydrogen) atoms. The molecule has 0 atom stereocenters. The van der Waals surface area contributed by atoms with Crippen LogP contribution in [0.1, 0.15) is 5.56 Å². The number of amides is 2. The van der Waals surface area contributed by atoms with Crippen molar-refractivity contribution in [2.24, 2.45) is 0 Å². The second-order valence-corrected chi connectivity index (χ2v) is 3.41. The van der Waals surface area contributed by atoms with Crippen molar-refractivity contribution < 1.29 is 14.3 Å². The Morgan fingerprint density at radius 1 is 1.38 bits per heavy atom. The van der Waals surface area contributed by atoms with Crippen molar-refractivity contribution in [1.29, 1.82) is 0 Å². The van der Waals surface area contributed by atoms with Crippen LogP contribution in [-0.4, -0.2) is 34.9 Å². The normalized spacial score (nSPS) is 16.6. The Kier molecular flexibility index (Phi) is 2.82. The standard InChI is InChI=1S/C10H11N3O3/c11-10-7(2-1-3-12-10)4-13-8(14)5-16-6-9(13)15/h1-3H,4-6H2,(H2,11,12).